The van der Waals surface area contributed by atoms with Gasteiger partial charge < -0.3 is 19.7 Å². The SMILES string of the molecule is CN(C)S(=O)(=O)c1ccc(CO/N=C(\N)c2ccc(OCc3cccnc3)cc2)o1. The van der Waals surface area contributed by atoms with E-state index in [0.717, 1.165) is 9.87 Å². The standard InChI is InChI=1S/C20H22N4O5S/c1-24(2)30(25,26)19-10-9-18(29-19)14-28-23-20(21)16-5-7-17(8-6-16)27-13-15-4-3-11-22-12-15/h3-12H,13-14H2,1-2H3,(H2,21,23). The van der Waals surface area contributed by atoms with Gasteiger partial charge in [-0.05, 0) is 42.5 Å². The molecule has 0 aliphatic carbocycles. The highest BCUT2D eigenvalue weighted by Crippen LogP contribution is 2.18. The predicted molar refractivity (Wildman–Crippen MR) is 110 cm³/mol. The maximum Gasteiger partial charge on any atom is 0.275 e. The van der Waals surface area contributed by atoms with Crippen molar-refractivity contribution in [3.05, 3.63) is 77.8 Å². The van der Waals surface area contributed by atoms with E-state index in [1.165, 1.54) is 26.2 Å². The van der Waals surface area contributed by atoms with Crippen LogP contribution in [0.3, 0.4) is 0 Å². The largest absolute Gasteiger partial charge is 0.489 e. The molecule has 9 nitrogen and oxygen atoms in total. The number of pyridine rings is 1. The van der Waals surface area contributed by atoms with Crippen molar-refractivity contribution >= 4 is 15.9 Å². The van der Waals surface area contributed by atoms with E-state index in [0.29, 0.717) is 23.7 Å². The molecule has 0 amide bonds. The zero-order valence-electron chi connectivity index (χ0n) is 16.6. The Kier molecular flexibility index (Phi) is 6.70. The van der Waals surface area contributed by atoms with Crippen LogP contribution in [0.2, 0.25) is 0 Å². The fourth-order valence-corrected chi connectivity index (χ4v) is 3.16. The third kappa shape index (κ3) is 5.37. The Morgan fingerprint density at radius 2 is 1.90 bits per heavy atom. The third-order valence-corrected chi connectivity index (χ3v) is 5.71. The molecule has 0 saturated heterocycles. The molecule has 2 aromatic heterocycles. The Morgan fingerprint density at radius 1 is 1.13 bits per heavy atom. The number of ether oxygens (including phenoxy) is 1. The molecule has 0 atom stereocenters. The summed E-state index contributed by atoms with van der Waals surface area (Å²) < 4.78 is 36.0. The highest BCUT2D eigenvalue weighted by molar-refractivity contribution is 7.88. The minimum Gasteiger partial charge on any atom is -0.489 e. The first-order chi connectivity index (χ1) is 14.4. The summed E-state index contributed by atoms with van der Waals surface area (Å²) in [5, 5.41) is 3.68. The van der Waals surface area contributed by atoms with E-state index in [1.807, 2.05) is 12.1 Å². The number of rotatable bonds is 9. The Bertz CT molecular complexity index is 1090. The molecule has 3 aromatic rings. The van der Waals surface area contributed by atoms with Crippen molar-refractivity contribution in [2.75, 3.05) is 14.1 Å². The van der Waals surface area contributed by atoms with Crippen LogP contribution in [-0.2, 0) is 28.1 Å². The molecule has 2 N–H and O–H groups in total. The second-order valence-electron chi connectivity index (χ2n) is 6.43. The molecule has 10 heteroatoms. The first-order valence-electron chi connectivity index (χ1n) is 8.95. The van der Waals surface area contributed by atoms with Gasteiger partial charge in [0, 0.05) is 37.6 Å². The van der Waals surface area contributed by atoms with Gasteiger partial charge in [0.25, 0.3) is 10.0 Å². The van der Waals surface area contributed by atoms with Gasteiger partial charge in [-0.25, -0.2) is 12.7 Å². The minimum atomic E-state index is -3.63. The van der Waals surface area contributed by atoms with Crippen LogP contribution >= 0.6 is 0 Å². The number of hydrogen-bond acceptors (Lipinski definition) is 7. The maximum atomic E-state index is 12.0. The van der Waals surface area contributed by atoms with E-state index >= 15 is 0 Å². The average molecular weight is 430 g/mol. The molecule has 0 spiro atoms. The van der Waals surface area contributed by atoms with Crippen LogP contribution in [0.25, 0.3) is 0 Å². The van der Waals surface area contributed by atoms with E-state index in [-0.39, 0.29) is 17.5 Å². The van der Waals surface area contributed by atoms with E-state index in [9.17, 15) is 8.42 Å². The fourth-order valence-electron chi connectivity index (χ4n) is 2.34. The third-order valence-electron chi connectivity index (χ3n) is 4.02. The van der Waals surface area contributed by atoms with Crippen LogP contribution in [0, 0.1) is 0 Å². The molecule has 0 unspecified atom stereocenters. The second kappa shape index (κ2) is 9.42. The number of benzene rings is 1. The van der Waals surface area contributed by atoms with Gasteiger partial charge in [-0.15, -0.1) is 0 Å². The zero-order chi connectivity index (χ0) is 21.6. The summed E-state index contributed by atoms with van der Waals surface area (Å²) in [4.78, 5) is 9.22. The normalized spacial score (nSPS) is 12.2. The summed E-state index contributed by atoms with van der Waals surface area (Å²) in [6.45, 7) is 0.352. The molecule has 0 aliphatic heterocycles. The minimum absolute atomic E-state index is 0.0596. The first kappa shape index (κ1) is 21.3. The predicted octanol–water partition coefficient (Wildman–Crippen LogP) is 2.34. The smallest absolute Gasteiger partial charge is 0.275 e. The van der Waals surface area contributed by atoms with Crippen LogP contribution in [0.15, 0.2) is 75.6 Å². The summed E-state index contributed by atoms with van der Waals surface area (Å²) >= 11 is 0. The van der Waals surface area contributed by atoms with Crippen LogP contribution in [0.5, 0.6) is 5.75 Å². The molecule has 158 valence electrons. The number of nitrogens with zero attached hydrogens (tertiary/aromatic N) is 3. The molecule has 2 heterocycles. The van der Waals surface area contributed by atoms with Crippen LogP contribution in [0.4, 0.5) is 0 Å². The summed E-state index contributed by atoms with van der Waals surface area (Å²) in [7, 11) is -0.782. The number of oxime groups is 1. The second-order valence-corrected chi connectivity index (χ2v) is 8.52. The number of aromatic nitrogens is 1. The van der Waals surface area contributed by atoms with Gasteiger partial charge in [-0.3, -0.25) is 4.98 Å². The maximum absolute atomic E-state index is 12.0. The molecule has 0 bridgehead atoms. The molecular formula is C20H22N4O5S. The van der Waals surface area contributed by atoms with Gasteiger partial charge in [-0.2, -0.15) is 0 Å². The Labute approximate surface area is 174 Å². The van der Waals surface area contributed by atoms with Crippen LogP contribution < -0.4 is 10.5 Å². The average Bonchev–Trinajstić information content (AvgIpc) is 3.23. The lowest BCUT2D eigenvalue weighted by Gasteiger charge is -2.08. The van der Waals surface area contributed by atoms with Crippen LogP contribution in [0.1, 0.15) is 16.9 Å². The van der Waals surface area contributed by atoms with Crippen molar-refractivity contribution < 1.29 is 22.4 Å². The number of amidine groups is 1. The van der Waals surface area contributed by atoms with Gasteiger partial charge in [0.15, 0.2) is 12.4 Å². The lowest BCUT2D eigenvalue weighted by atomic mass is 10.2. The number of furan rings is 1. The van der Waals surface area contributed by atoms with Crippen LogP contribution in [-0.4, -0.2) is 37.6 Å². The summed E-state index contributed by atoms with van der Waals surface area (Å²) in [6.07, 6.45) is 3.45. The van der Waals surface area contributed by atoms with Crippen molar-refractivity contribution in [3.63, 3.8) is 0 Å². The van der Waals surface area contributed by atoms with E-state index in [1.54, 1.807) is 36.7 Å². The van der Waals surface area contributed by atoms with Crippen molar-refractivity contribution in [1.29, 1.82) is 0 Å². The van der Waals surface area contributed by atoms with Crippen molar-refractivity contribution in [2.45, 2.75) is 18.3 Å². The molecule has 3 rings (SSSR count). The molecule has 0 radical (unpaired) electrons. The van der Waals surface area contributed by atoms with E-state index in [4.69, 9.17) is 19.7 Å². The van der Waals surface area contributed by atoms with Crippen molar-refractivity contribution in [2.24, 2.45) is 10.9 Å². The summed E-state index contributed by atoms with van der Waals surface area (Å²) in [6, 6.07) is 13.7. The van der Waals surface area contributed by atoms with Crippen molar-refractivity contribution in [3.8, 4) is 5.75 Å². The Hall–Kier alpha value is -3.37. The topological polar surface area (TPSA) is 120 Å². The van der Waals surface area contributed by atoms with Gasteiger partial charge in [0.05, 0.1) is 0 Å². The molecule has 0 aliphatic rings. The zero-order valence-corrected chi connectivity index (χ0v) is 17.4. The van der Waals surface area contributed by atoms with Gasteiger partial charge in [0.1, 0.15) is 18.1 Å². The number of hydrogen-bond donors (Lipinski definition) is 1. The van der Waals surface area contributed by atoms with Crippen molar-refractivity contribution in [1.82, 2.24) is 9.29 Å². The summed E-state index contributed by atoms with van der Waals surface area (Å²) in [5.74, 6) is 1.16. The quantitative estimate of drug-likeness (QED) is 0.314. The lowest BCUT2D eigenvalue weighted by molar-refractivity contribution is 0.111. The molecule has 0 saturated carbocycles. The lowest BCUT2D eigenvalue weighted by Crippen LogP contribution is -2.21. The summed E-state index contributed by atoms with van der Waals surface area (Å²) in [5.41, 5.74) is 7.55. The molecule has 0 fully saturated rings. The molecular weight excluding hydrogens is 408 g/mol. The highest BCUT2D eigenvalue weighted by Gasteiger charge is 2.21. The van der Waals surface area contributed by atoms with E-state index < -0.39 is 10.0 Å². The first-order valence-corrected chi connectivity index (χ1v) is 10.4. The van der Waals surface area contributed by atoms with E-state index in [2.05, 4.69) is 10.1 Å². The van der Waals surface area contributed by atoms with Gasteiger partial charge in [-0.1, -0.05) is 11.2 Å². The Morgan fingerprint density at radius 3 is 2.57 bits per heavy atom. The highest BCUT2D eigenvalue weighted by atomic mass is 32.2. The van der Waals surface area contributed by atoms with Gasteiger partial charge in [0.2, 0.25) is 5.09 Å². The Balaban J connectivity index is 1.54. The van der Waals surface area contributed by atoms with Gasteiger partial charge >= 0.3 is 0 Å². The number of sulfonamides is 1. The fraction of sp³-hybridized carbons (Fsp3) is 0.200. The monoisotopic (exact) mass is 430 g/mol. The molecule has 30 heavy (non-hydrogen) atoms. The number of nitrogens with two attached hydrogens (primary N) is 1. The molecule has 1 aromatic carbocycles.